The van der Waals surface area contributed by atoms with E-state index < -0.39 is 0 Å². The molecule has 1 aliphatic rings. The molecule has 0 amide bonds. The van der Waals surface area contributed by atoms with Crippen molar-refractivity contribution in [2.45, 2.75) is 19.4 Å². The monoisotopic (exact) mass is 377 g/mol. The molecule has 3 aromatic rings. The number of hydrogen-bond donors (Lipinski definition) is 0. The van der Waals surface area contributed by atoms with Gasteiger partial charge in [0, 0.05) is 35.5 Å². The molecule has 1 saturated heterocycles. The van der Waals surface area contributed by atoms with Crippen molar-refractivity contribution < 1.29 is 13.9 Å². The molecule has 2 heterocycles. The van der Waals surface area contributed by atoms with Crippen molar-refractivity contribution in [2.24, 2.45) is 5.92 Å². The minimum absolute atomic E-state index is 0.0699. The molecule has 4 rings (SSSR count). The first-order valence-corrected chi connectivity index (χ1v) is 9.56. The van der Waals surface area contributed by atoms with Gasteiger partial charge < -0.3 is 9.15 Å². The van der Waals surface area contributed by atoms with E-state index in [2.05, 4.69) is 4.90 Å². The molecular formula is C23H23NO4. The molecule has 2 aromatic carbocycles. The van der Waals surface area contributed by atoms with Gasteiger partial charge in [0.25, 0.3) is 0 Å². The highest BCUT2D eigenvalue weighted by atomic mass is 16.5. The summed E-state index contributed by atoms with van der Waals surface area (Å²) in [6.45, 7) is 2.34. The number of nitrogens with zero attached hydrogens (tertiary/aromatic N) is 1. The standard InChI is InChI=1S/C23H23NO4/c1-27-19-7-8-20-18(13-22(25)28-21(20)14-19)15-24-11-9-17(10-12-24)23(26)16-5-3-2-4-6-16/h2-8,13-14,17H,9-12,15H2,1H3. The molecule has 0 spiro atoms. The summed E-state index contributed by atoms with van der Waals surface area (Å²) in [5, 5.41) is 0.919. The molecule has 0 radical (unpaired) electrons. The highest BCUT2D eigenvalue weighted by Gasteiger charge is 2.26. The van der Waals surface area contributed by atoms with Crippen LogP contribution in [0.2, 0.25) is 0 Å². The lowest BCUT2D eigenvalue weighted by Crippen LogP contribution is -2.36. The highest BCUT2D eigenvalue weighted by Crippen LogP contribution is 2.26. The second-order valence-corrected chi connectivity index (χ2v) is 7.23. The Kier molecular flexibility index (Phi) is 5.26. The highest BCUT2D eigenvalue weighted by molar-refractivity contribution is 5.97. The molecule has 0 N–H and O–H groups in total. The lowest BCUT2D eigenvalue weighted by atomic mass is 9.88. The van der Waals surface area contributed by atoms with Gasteiger partial charge in [-0.3, -0.25) is 9.69 Å². The van der Waals surface area contributed by atoms with Crippen LogP contribution in [0.1, 0.15) is 28.8 Å². The Morgan fingerprint density at radius 3 is 2.57 bits per heavy atom. The Bertz CT molecular complexity index is 1030. The average Bonchev–Trinajstić information content (AvgIpc) is 2.74. The topological polar surface area (TPSA) is 59.8 Å². The second-order valence-electron chi connectivity index (χ2n) is 7.23. The molecule has 1 aromatic heterocycles. The molecular weight excluding hydrogens is 354 g/mol. The molecule has 1 aliphatic heterocycles. The van der Waals surface area contributed by atoms with Gasteiger partial charge in [-0.15, -0.1) is 0 Å². The number of hydrogen-bond acceptors (Lipinski definition) is 5. The van der Waals surface area contributed by atoms with Gasteiger partial charge in [-0.05, 0) is 43.6 Å². The van der Waals surface area contributed by atoms with Crippen LogP contribution in [0, 0.1) is 5.92 Å². The summed E-state index contributed by atoms with van der Waals surface area (Å²) in [7, 11) is 1.59. The van der Waals surface area contributed by atoms with Crippen LogP contribution in [-0.2, 0) is 6.54 Å². The minimum atomic E-state index is -0.357. The van der Waals surface area contributed by atoms with Crippen molar-refractivity contribution in [3.05, 3.63) is 76.1 Å². The number of carbonyl (C=O) groups is 1. The zero-order chi connectivity index (χ0) is 19.5. The number of rotatable bonds is 5. The smallest absolute Gasteiger partial charge is 0.336 e. The molecule has 0 atom stereocenters. The number of ether oxygens (including phenoxy) is 1. The van der Waals surface area contributed by atoms with E-state index >= 15 is 0 Å². The quantitative estimate of drug-likeness (QED) is 0.499. The van der Waals surface area contributed by atoms with Crippen LogP contribution >= 0.6 is 0 Å². The number of Topliss-reactive ketones (excluding diaryl/α,β-unsaturated/α-hetero) is 1. The summed E-state index contributed by atoms with van der Waals surface area (Å²) in [4.78, 5) is 26.9. The van der Waals surface area contributed by atoms with E-state index in [4.69, 9.17) is 9.15 Å². The number of piperidine rings is 1. The van der Waals surface area contributed by atoms with Gasteiger partial charge >= 0.3 is 5.63 Å². The lowest BCUT2D eigenvalue weighted by molar-refractivity contribution is 0.0835. The zero-order valence-corrected chi connectivity index (χ0v) is 15.9. The fourth-order valence-electron chi connectivity index (χ4n) is 3.90. The third-order valence-electron chi connectivity index (χ3n) is 5.45. The van der Waals surface area contributed by atoms with Gasteiger partial charge in [0.05, 0.1) is 7.11 Å². The number of benzene rings is 2. The van der Waals surface area contributed by atoms with E-state index in [0.717, 1.165) is 42.4 Å². The minimum Gasteiger partial charge on any atom is -0.497 e. The van der Waals surface area contributed by atoms with Crippen LogP contribution in [-0.4, -0.2) is 30.9 Å². The third-order valence-corrected chi connectivity index (χ3v) is 5.45. The SMILES string of the molecule is COc1ccc2c(CN3CCC(C(=O)c4ccccc4)CC3)cc(=O)oc2c1. The van der Waals surface area contributed by atoms with E-state index in [1.807, 2.05) is 42.5 Å². The second kappa shape index (κ2) is 7.98. The number of carbonyl (C=O) groups excluding carboxylic acids is 1. The van der Waals surface area contributed by atoms with Crippen LogP contribution in [0.25, 0.3) is 11.0 Å². The van der Waals surface area contributed by atoms with Crippen molar-refractivity contribution in [3.8, 4) is 5.75 Å². The van der Waals surface area contributed by atoms with E-state index in [0.29, 0.717) is 17.9 Å². The van der Waals surface area contributed by atoms with E-state index in [9.17, 15) is 9.59 Å². The fraction of sp³-hybridized carbons (Fsp3) is 0.304. The Balaban J connectivity index is 1.46. The van der Waals surface area contributed by atoms with Crippen molar-refractivity contribution >= 4 is 16.8 Å². The van der Waals surface area contributed by atoms with Crippen LogP contribution in [0.15, 0.2) is 63.8 Å². The summed E-state index contributed by atoms with van der Waals surface area (Å²) in [6.07, 6.45) is 1.67. The molecule has 0 bridgehead atoms. The van der Waals surface area contributed by atoms with Gasteiger partial charge in [-0.1, -0.05) is 30.3 Å². The van der Waals surface area contributed by atoms with Crippen LogP contribution in [0.5, 0.6) is 5.75 Å². The molecule has 28 heavy (non-hydrogen) atoms. The first-order valence-electron chi connectivity index (χ1n) is 9.56. The molecule has 1 fully saturated rings. The van der Waals surface area contributed by atoms with Crippen molar-refractivity contribution in [1.82, 2.24) is 4.90 Å². The van der Waals surface area contributed by atoms with Gasteiger partial charge in [0.15, 0.2) is 5.78 Å². The Morgan fingerprint density at radius 2 is 1.86 bits per heavy atom. The molecule has 0 aliphatic carbocycles. The van der Waals surface area contributed by atoms with Crippen LogP contribution in [0.3, 0.4) is 0 Å². The summed E-state index contributed by atoms with van der Waals surface area (Å²) in [6, 6.07) is 16.6. The maximum atomic E-state index is 12.7. The zero-order valence-electron chi connectivity index (χ0n) is 15.9. The number of ketones is 1. The molecule has 5 heteroatoms. The molecule has 0 saturated carbocycles. The van der Waals surface area contributed by atoms with E-state index in [1.165, 1.54) is 0 Å². The number of methoxy groups -OCH3 is 1. The fourth-order valence-corrected chi connectivity index (χ4v) is 3.90. The average molecular weight is 377 g/mol. The summed E-state index contributed by atoms with van der Waals surface area (Å²) in [5.74, 6) is 0.965. The summed E-state index contributed by atoms with van der Waals surface area (Å²) >= 11 is 0. The largest absolute Gasteiger partial charge is 0.497 e. The number of fused-ring (bicyclic) bond motifs is 1. The van der Waals surface area contributed by atoms with Crippen molar-refractivity contribution in [1.29, 1.82) is 0 Å². The van der Waals surface area contributed by atoms with E-state index in [1.54, 1.807) is 19.2 Å². The molecule has 5 nitrogen and oxygen atoms in total. The third kappa shape index (κ3) is 3.85. The summed E-state index contributed by atoms with van der Waals surface area (Å²) < 4.78 is 10.6. The van der Waals surface area contributed by atoms with Gasteiger partial charge in [-0.2, -0.15) is 0 Å². The van der Waals surface area contributed by atoms with Gasteiger partial charge in [0.2, 0.25) is 0 Å². The van der Waals surface area contributed by atoms with Crippen molar-refractivity contribution in [2.75, 3.05) is 20.2 Å². The Morgan fingerprint density at radius 1 is 1.11 bits per heavy atom. The Hall–Kier alpha value is -2.92. The van der Waals surface area contributed by atoms with Crippen molar-refractivity contribution in [3.63, 3.8) is 0 Å². The predicted molar refractivity (Wildman–Crippen MR) is 108 cm³/mol. The van der Waals surface area contributed by atoms with Gasteiger partial charge in [-0.25, -0.2) is 4.79 Å². The Labute approximate surface area is 163 Å². The summed E-state index contributed by atoms with van der Waals surface area (Å²) in [5.41, 5.74) is 1.92. The first kappa shape index (κ1) is 18.4. The normalized spacial score (nSPS) is 15.6. The van der Waals surface area contributed by atoms with Crippen LogP contribution < -0.4 is 10.4 Å². The molecule has 144 valence electrons. The molecule has 0 unspecified atom stereocenters. The van der Waals surface area contributed by atoms with E-state index in [-0.39, 0.29) is 17.3 Å². The van der Waals surface area contributed by atoms with Crippen LogP contribution in [0.4, 0.5) is 0 Å². The maximum Gasteiger partial charge on any atom is 0.336 e. The predicted octanol–water partition coefficient (Wildman–Crippen LogP) is 3.90. The maximum absolute atomic E-state index is 12.7. The lowest BCUT2D eigenvalue weighted by Gasteiger charge is -2.31. The van der Waals surface area contributed by atoms with Gasteiger partial charge in [0.1, 0.15) is 11.3 Å². The first-order chi connectivity index (χ1) is 13.6. The number of likely N-dealkylation sites (tertiary alicyclic amines) is 1.